The summed E-state index contributed by atoms with van der Waals surface area (Å²) in [7, 11) is 3.07. The molecule has 33 heavy (non-hydrogen) atoms. The normalized spacial score (nSPS) is 13.3. The van der Waals surface area contributed by atoms with Crippen molar-refractivity contribution in [3.05, 3.63) is 65.0 Å². The van der Waals surface area contributed by atoms with E-state index < -0.39 is 6.10 Å². The van der Waals surface area contributed by atoms with Gasteiger partial charge in [-0.2, -0.15) is 5.10 Å². The quantitative estimate of drug-likeness (QED) is 0.520. The Hall–Kier alpha value is -3.52. The second-order valence-corrected chi connectivity index (χ2v) is 7.99. The maximum absolute atomic E-state index is 12.9. The predicted octanol–water partition coefficient (Wildman–Crippen LogP) is 2.86. The Morgan fingerprint density at radius 3 is 2.55 bits per heavy atom. The van der Waals surface area contributed by atoms with Crippen LogP contribution in [0.5, 0.6) is 17.2 Å². The molecule has 1 atom stereocenters. The van der Waals surface area contributed by atoms with Crippen LogP contribution in [0.2, 0.25) is 0 Å². The fourth-order valence-electron chi connectivity index (χ4n) is 4.11. The average Bonchev–Trinajstić information content (AvgIpc) is 3.44. The van der Waals surface area contributed by atoms with Crippen LogP contribution in [-0.4, -0.2) is 54.3 Å². The van der Waals surface area contributed by atoms with Crippen molar-refractivity contribution in [3.63, 3.8) is 0 Å². The molecule has 0 saturated carbocycles. The molecule has 2 N–H and O–H groups in total. The summed E-state index contributed by atoms with van der Waals surface area (Å²) in [5, 5.41) is 17.8. The van der Waals surface area contributed by atoms with Crippen molar-refractivity contribution in [1.82, 2.24) is 15.1 Å². The SMILES string of the molecule is COc1cccc(OC)c1OCC(O)CNC(=O)c1nn(-c2ccccc2C)c2c1CCC2. The molecule has 1 aliphatic carbocycles. The number of para-hydroxylation sites is 2. The van der Waals surface area contributed by atoms with Gasteiger partial charge >= 0.3 is 0 Å². The van der Waals surface area contributed by atoms with Crippen molar-refractivity contribution >= 4 is 5.91 Å². The number of aromatic nitrogens is 2. The minimum absolute atomic E-state index is 0.0301. The minimum atomic E-state index is -0.921. The molecular weight excluding hydrogens is 422 g/mol. The summed E-state index contributed by atoms with van der Waals surface area (Å²) in [4.78, 5) is 12.9. The number of aryl methyl sites for hydroxylation is 1. The zero-order valence-electron chi connectivity index (χ0n) is 19.1. The number of fused-ring (bicyclic) bond motifs is 1. The van der Waals surface area contributed by atoms with Gasteiger partial charge in [-0.15, -0.1) is 0 Å². The first-order valence-electron chi connectivity index (χ1n) is 11.0. The number of methoxy groups -OCH3 is 2. The number of carbonyl (C=O) groups excluding carboxylic acids is 1. The molecule has 2 aromatic carbocycles. The summed E-state index contributed by atoms with van der Waals surface area (Å²) < 4.78 is 18.2. The fraction of sp³-hybridized carbons (Fsp3) is 0.360. The number of aliphatic hydroxyl groups excluding tert-OH is 1. The third kappa shape index (κ3) is 4.66. The van der Waals surface area contributed by atoms with Gasteiger partial charge in [0.15, 0.2) is 17.2 Å². The van der Waals surface area contributed by atoms with Crippen LogP contribution in [-0.2, 0) is 12.8 Å². The van der Waals surface area contributed by atoms with Crippen molar-refractivity contribution in [1.29, 1.82) is 0 Å². The Kier molecular flexibility index (Phi) is 6.84. The van der Waals surface area contributed by atoms with Gasteiger partial charge < -0.3 is 24.6 Å². The minimum Gasteiger partial charge on any atom is -0.493 e. The number of hydrogen-bond donors (Lipinski definition) is 2. The van der Waals surface area contributed by atoms with Gasteiger partial charge in [0.05, 0.1) is 19.9 Å². The first kappa shape index (κ1) is 22.7. The van der Waals surface area contributed by atoms with Gasteiger partial charge in [-0.25, -0.2) is 4.68 Å². The lowest BCUT2D eigenvalue weighted by Gasteiger charge is -2.17. The lowest BCUT2D eigenvalue weighted by atomic mass is 10.1. The van der Waals surface area contributed by atoms with Gasteiger partial charge in [-0.3, -0.25) is 4.79 Å². The van der Waals surface area contributed by atoms with E-state index in [4.69, 9.17) is 14.2 Å². The maximum atomic E-state index is 12.9. The highest BCUT2D eigenvalue weighted by atomic mass is 16.5. The number of benzene rings is 2. The van der Waals surface area contributed by atoms with E-state index in [-0.39, 0.29) is 19.1 Å². The predicted molar refractivity (Wildman–Crippen MR) is 124 cm³/mol. The van der Waals surface area contributed by atoms with Crippen molar-refractivity contribution < 1.29 is 24.1 Å². The smallest absolute Gasteiger partial charge is 0.272 e. The Bertz CT molecular complexity index is 1120. The van der Waals surface area contributed by atoms with Crippen molar-refractivity contribution in [3.8, 4) is 22.9 Å². The molecule has 174 valence electrons. The van der Waals surface area contributed by atoms with Gasteiger partial charge in [-0.1, -0.05) is 24.3 Å². The summed E-state index contributed by atoms with van der Waals surface area (Å²) in [6.07, 6.45) is 1.79. The number of hydrogen-bond acceptors (Lipinski definition) is 6. The van der Waals surface area contributed by atoms with Crippen molar-refractivity contribution in [2.24, 2.45) is 0 Å². The molecule has 1 amide bonds. The number of aliphatic hydroxyl groups is 1. The molecule has 1 unspecified atom stereocenters. The Morgan fingerprint density at radius 1 is 1.12 bits per heavy atom. The second kappa shape index (κ2) is 9.95. The molecule has 1 heterocycles. The molecule has 4 rings (SSSR count). The van der Waals surface area contributed by atoms with E-state index in [1.54, 1.807) is 18.2 Å². The van der Waals surface area contributed by atoms with Crippen LogP contribution in [0, 0.1) is 6.92 Å². The van der Waals surface area contributed by atoms with E-state index in [9.17, 15) is 9.90 Å². The van der Waals surface area contributed by atoms with Crippen LogP contribution >= 0.6 is 0 Å². The molecule has 0 spiro atoms. The Balaban J connectivity index is 1.42. The molecule has 0 aliphatic heterocycles. The molecule has 8 nitrogen and oxygen atoms in total. The van der Waals surface area contributed by atoms with Crippen LogP contribution in [0.1, 0.15) is 33.7 Å². The van der Waals surface area contributed by atoms with E-state index in [1.807, 2.05) is 35.9 Å². The van der Waals surface area contributed by atoms with Crippen LogP contribution in [0.3, 0.4) is 0 Å². The molecule has 1 aromatic heterocycles. The fourth-order valence-corrected chi connectivity index (χ4v) is 4.11. The van der Waals surface area contributed by atoms with Crippen LogP contribution in [0.15, 0.2) is 42.5 Å². The van der Waals surface area contributed by atoms with Gasteiger partial charge in [0, 0.05) is 17.8 Å². The topological polar surface area (TPSA) is 94.8 Å². The summed E-state index contributed by atoms with van der Waals surface area (Å²) in [6.45, 7) is 2.03. The van der Waals surface area contributed by atoms with Crippen molar-refractivity contribution in [2.75, 3.05) is 27.4 Å². The third-order valence-corrected chi connectivity index (χ3v) is 5.79. The molecule has 0 radical (unpaired) electrons. The highest BCUT2D eigenvalue weighted by Gasteiger charge is 2.27. The van der Waals surface area contributed by atoms with E-state index in [1.165, 1.54) is 14.2 Å². The first-order chi connectivity index (χ1) is 16.0. The first-order valence-corrected chi connectivity index (χ1v) is 11.0. The van der Waals surface area contributed by atoms with Gasteiger partial charge in [-0.05, 0) is 49.9 Å². The molecule has 3 aromatic rings. The third-order valence-electron chi connectivity index (χ3n) is 5.79. The standard InChI is InChI=1S/C25H29N3O5/c1-16-8-4-5-10-19(16)28-20-11-6-9-18(20)23(27-28)25(30)26-14-17(29)15-33-24-21(31-2)12-7-13-22(24)32-3/h4-5,7-8,10,12-13,17,29H,6,9,11,14-15H2,1-3H3,(H,26,30). The van der Waals surface area contributed by atoms with E-state index in [0.29, 0.717) is 22.9 Å². The highest BCUT2D eigenvalue weighted by Crippen LogP contribution is 2.36. The lowest BCUT2D eigenvalue weighted by molar-refractivity contribution is 0.0829. The number of nitrogens with one attached hydrogen (secondary N) is 1. The summed E-state index contributed by atoms with van der Waals surface area (Å²) in [6, 6.07) is 13.3. The van der Waals surface area contributed by atoms with E-state index >= 15 is 0 Å². The van der Waals surface area contributed by atoms with E-state index in [0.717, 1.165) is 41.8 Å². The van der Waals surface area contributed by atoms with Crippen LogP contribution < -0.4 is 19.5 Å². The monoisotopic (exact) mass is 451 g/mol. The lowest BCUT2D eigenvalue weighted by Crippen LogP contribution is -2.36. The number of carbonyl (C=O) groups is 1. The average molecular weight is 452 g/mol. The van der Waals surface area contributed by atoms with Crippen molar-refractivity contribution in [2.45, 2.75) is 32.3 Å². The van der Waals surface area contributed by atoms with Gasteiger partial charge in [0.2, 0.25) is 5.75 Å². The summed E-state index contributed by atoms with van der Waals surface area (Å²) in [5.41, 5.74) is 4.57. The number of amides is 1. The largest absolute Gasteiger partial charge is 0.493 e. The molecule has 0 fully saturated rings. The highest BCUT2D eigenvalue weighted by molar-refractivity contribution is 5.94. The van der Waals surface area contributed by atoms with Crippen LogP contribution in [0.4, 0.5) is 0 Å². The van der Waals surface area contributed by atoms with Gasteiger partial charge in [0.1, 0.15) is 12.7 Å². The molecule has 8 heteroatoms. The summed E-state index contributed by atoms with van der Waals surface area (Å²) >= 11 is 0. The molecule has 0 saturated heterocycles. The summed E-state index contributed by atoms with van der Waals surface area (Å²) in [5.74, 6) is 1.11. The zero-order chi connectivity index (χ0) is 23.4. The molecule has 0 bridgehead atoms. The second-order valence-electron chi connectivity index (χ2n) is 7.99. The van der Waals surface area contributed by atoms with Gasteiger partial charge in [0.25, 0.3) is 5.91 Å². The zero-order valence-corrected chi connectivity index (χ0v) is 19.1. The maximum Gasteiger partial charge on any atom is 0.272 e. The van der Waals surface area contributed by atoms with E-state index in [2.05, 4.69) is 10.4 Å². The number of rotatable bonds is 9. The Labute approximate surface area is 193 Å². The molecule has 1 aliphatic rings. The number of ether oxygens (including phenoxy) is 3. The Morgan fingerprint density at radius 2 is 1.85 bits per heavy atom. The molecular formula is C25H29N3O5. The van der Waals surface area contributed by atoms with Crippen LogP contribution in [0.25, 0.3) is 5.69 Å². The number of nitrogens with zero attached hydrogens (tertiary/aromatic N) is 2.